The molecule has 0 bridgehead atoms. The largest absolute Gasteiger partial charge is 0.116 e. The van der Waals surface area contributed by atoms with Gasteiger partial charge in [0.2, 0.25) is 0 Å². The van der Waals surface area contributed by atoms with Crippen molar-refractivity contribution in [3.8, 4) is 0 Å². The minimum atomic E-state index is -1.89. The summed E-state index contributed by atoms with van der Waals surface area (Å²) in [6, 6.07) is 40.2. The summed E-state index contributed by atoms with van der Waals surface area (Å²) >= 11 is 3.93. The van der Waals surface area contributed by atoms with Crippen molar-refractivity contribution in [3.05, 3.63) is 125 Å². The van der Waals surface area contributed by atoms with Crippen LogP contribution in [0, 0.1) is 0 Å². The molecule has 0 heterocycles. The normalized spacial score (nSPS) is 12.0. The van der Waals surface area contributed by atoms with Gasteiger partial charge in [-0.15, -0.1) is 0 Å². The molecule has 4 aromatic rings. The van der Waals surface area contributed by atoms with Gasteiger partial charge in [-0.2, -0.15) is 0 Å². The van der Waals surface area contributed by atoms with E-state index in [0.717, 1.165) is 6.16 Å². The maximum absolute atomic E-state index is 3.93. The molecule has 0 aliphatic carbocycles. The van der Waals surface area contributed by atoms with Crippen molar-refractivity contribution in [2.24, 2.45) is 0 Å². The zero-order valence-electron chi connectivity index (χ0n) is 18.4. The second-order valence-electron chi connectivity index (χ2n) is 9.03. The molecule has 0 saturated heterocycles. The first-order chi connectivity index (χ1) is 14.9. The fourth-order valence-corrected chi connectivity index (χ4v) is 9.17. The van der Waals surface area contributed by atoms with E-state index in [2.05, 4.69) is 146 Å². The van der Waals surface area contributed by atoms with Crippen LogP contribution in [-0.2, 0) is 11.6 Å². The monoisotopic (exact) mass is 487 g/mol. The molecule has 0 spiro atoms. The molecule has 0 N–H and O–H groups in total. The Kier molecular flexibility index (Phi) is 6.47. The van der Waals surface area contributed by atoms with Crippen molar-refractivity contribution in [3.63, 3.8) is 0 Å². The molecule has 0 aliphatic rings. The molecule has 4 rings (SSSR count). The molecule has 31 heavy (non-hydrogen) atoms. The van der Waals surface area contributed by atoms with Crippen LogP contribution in [0.25, 0.3) is 0 Å². The first-order valence-corrected chi connectivity index (χ1v) is 13.5. The zero-order valence-corrected chi connectivity index (χ0v) is 20.9. The molecule has 4 aromatic carbocycles. The smallest absolute Gasteiger partial charge is 0.0620 e. The third-order valence-electron chi connectivity index (χ3n) is 5.92. The number of halogens is 1. The maximum atomic E-state index is 3.93. The minimum Gasteiger partial charge on any atom is -0.0620 e. The molecule has 0 amide bonds. The van der Waals surface area contributed by atoms with Gasteiger partial charge in [0.1, 0.15) is 23.2 Å². The highest BCUT2D eigenvalue weighted by Crippen LogP contribution is 2.58. The number of hydrogen-bond acceptors (Lipinski definition) is 0. The van der Waals surface area contributed by atoms with E-state index in [0.29, 0.717) is 0 Å². The second-order valence-corrected chi connectivity index (χ2v) is 13.4. The summed E-state index contributed by atoms with van der Waals surface area (Å²) in [5, 5.41) is 4.25. The minimum absolute atomic E-state index is 0.131. The van der Waals surface area contributed by atoms with E-state index in [-0.39, 0.29) is 5.41 Å². The summed E-state index contributed by atoms with van der Waals surface area (Å²) in [5.74, 6) is 0. The van der Waals surface area contributed by atoms with Crippen LogP contribution < -0.4 is 15.9 Å². The molecule has 0 aromatic heterocycles. The highest BCUT2D eigenvalue weighted by atomic mass is 79.9. The van der Waals surface area contributed by atoms with E-state index in [1.54, 1.807) is 0 Å². The average Bonchev–Trinajstić information content (AvgIpc) is 2.79. The Morgan fingerprint density at radius 3 is 1.39 bits per heavy atom. The zero-order chi connectivity index (χ0) is 21.9. The van der Waals surface area contributed by atoms with Crippen LogP contribution in [0.1, 0.15) is 31.9 Å². The van der Waals surface area contributed by atoms with Gasteiger partial charge in [-0.25, -0.2) is 0 Å². The summed E-state index contributed by atoms with van der Waals surface area (Å²) in [6.07, 6.45) is 0.982. The van der Waals surface area contributed by atoms with Crippen LogP contribution in [0.3, 0.4) is 0 Å². The van der Waals surface area contributed by atoms with Crippen molar-refractivity contribution in [1.29, 1.82) is 0 Å². The van der Waals surface area contributed by atoms with Crippen molar-refractivity contribution < 1.29 is 0 Å². The highest BCUT2D eigenvalue weighted by molar-refractivity contribution is 9.10. The molecule has 0 fully saturated rings. The summed E-state index contributed by atoms with van der Waals surface area (Å²) in [4.78, 5) is 0. The van der Waals surface area contributed by atoms with E-state index in [9.17, 15) is 0 Å². The van der Waals surface area contributed by atoms with E-state index < -0.39 is 7.26 Å². The van der Waals surface area contributed by atoms with Gasteiger partial charge >= 0.3 is 0 Å². The first kappa shape index (κ1) is 22.0. The fourth-order valence-electron chi connectivity index (χ4n) is 4.17. The van der Waals surface area contributed by atoms with Crippen LogP contribution in [0.15, 0.2) is 114 Å². The van der Waals surface area contributed by atoms with Crippen molar-refractivity contribution >= 4 is 39.1 Å². The summed E-state index contributed by atoms with van der Waals surface area (Å²) < 4.78 is 1.20. The third kappa shape index (κ3) is 4.54. The Bertz CT molecular complexity index is 1030. The summed E-state index contributed by atoms with van der Waals surface area (Å²) in [6.45, 7) is 6.80. The standard InChI is InChI=1S/C29H29BrP/c1-29(2,3)24-20-19-23(28(30)21-24)22-31(25-13-7-4-8-14-25,26-15-9-5-10-16-26)27-17-11-6-12-18-27/h4-21H,22H2,1-3H3/q+1. The molecule has 0 nitrogen and oxygen atoms in total. The summed E-state index contributed by atoms with van der Waals surface area (Å²) in [5.41, 5.74) is 2.84. The van der Waals surface area contributed by atoms with Gasteiger partial charge in [0, 0.05) is 10.0 Å². The third-order valence-corrected chi connectivity index (χ3v) is 11.0. The Balaban J connectivity index is 1.95. The number of rotatable bonds is 5. The van der Waals surface area contributed by atoms with Gasteiger partial charge < -0.3 is 0 Å². The highest BCUT2D eigenvalue weighted by Gasteiger charge is 2.45. The van der Waals surface area contributed by atoms with Crippen molar-refractivity contribution in [1.82, 2.24) is 0 Å². The van der Waals surface area contributed by atoms with Gasteiger partial charge in [0.25, 0.3) is 0 Å². The molecule has 0 aliphatic heterocycles. The maximum Gasteiger partial charge on any atom is 0.116 e. The van der Waals surface area contributed by atoms with E-state index >= 15 is 0 Å². The lowest BCUT2D eigenvalue weighted by atomic mass is 9.87. The second kappa shape index (κ2) is 9.11. The Morgan fingerprint density at radius 2 is 1.03 bits per heavy atom. The van der Waals surface area contributed by atoms with Gasteiger partial charge in [-0.05, 0) is 53.4 Å². The summed E-state index contributed by atoms with van der Waals surface area (Å²) in [7, 11) is -1.89. The van der Waals surface area contributed by atoms with E-state index in [1.165, 1.54) is 31.5 Å². The van der Waals surface area contributed by atoms with Crippen molar-refractivity contribution in [2.45, 2.75) is 32.3 Å². The van der Waals surface area contributed by atoms with E-state index in [4.69, 9.17) is 0 Å². The molecule has 0 saturated carbocycles. The molecular formula is C29H29BrP+. The van der Waals surface area contributed by atoms with Crippen molar-refractivity contribution in [2.75, 3.05) is 0 Å². The molecule has 0 atom stereocenters. The average molecular weight is 488 g/mol. The fraction of sp³-hybridized carbons (Fsp3) is 0.172. The Labute approximate surface area is 195 Å². The molecular weight excluding hydrogens is 459 g/mol. The number of hydrogen-bond donors (Lipinski definition) is 0. The van der Waals surface area contributed by atoms with Crippen LogP contribution in [-0.4, -0.2) is 0 Å². The van der Waals surface area contributed by atoms with Gasteiger partial charge in [0.15, 0.2) is 0 Å². The van der Waals surface area contributed by atoms with Gasteiger partial charge in [-0.3, -0.25) is 0 Å². The van der Waals surface area contributed by atoms with Crippen LogP contribution in [0.4, 0.5) is 0 Å². The van der Waals surface area contributed by atoms with Crippen LogP contribution >= 0.6 is 23.2 Å². The van der Waals surface area contributed by atoms with E-state index in [1.807, 2.05) is 0 Å². The molecule has 0 radical (unpaired) electrons. The molecule has 156 valence electrons. The molecule has 0 unspecified atom stereocenters. The SMILES string of the molecule is CC(C)(C)c1ccc(C[P+](c2ccccc2)(c2ccccc2)c2ccccc2)c(Br)c1. The van der Waals surface area contributed by atoms with Gasteiger partial charge in [0.05, 0.1) is 6.16 Å². The number of benzene rings is 4. The predicted octanol–water partition coefficient (Wildman–Crippen LogP) is 7.24. The topological polar surface area (TPSA) is 0 Å². The quantitative estimate of drug-likeness (QED) is 0.260. The lowest BCUT2D eigenvalue weighted by molar-refractivity contribution is 0.589. The van der Waals surface area contributed by atoms with Crippen LogP contribution in [0.5, 0.6) is 0 Å². The predicted molar refractivity (Wildman–Crippen MR) is 142 cm³/mol. The van der Waals surface area contributed by atoms with Gasteiger partial charge in [-0.1, -0.05) is 103 Å². The lowest BCUT2D eigenvalue weighted by Crippen LogP contribution is -2.32. The lowest BCUT2D eigenvalue weighted by Gasteiger charge is -2.28. The Hall–Kier alpha value is -2.21. The Morgan fingerprint density at radius 1 is 0.613 bits per heavy atom. The van der Waals surface area contributed by atoms with Crippen LogP contribution in [0.2, 0.25) is 0 Å². The molecule has 2 heteroatoms. The first-order valence-electron chi connectivity index (χ1n) is 10.7.